The smallest absolute Gasteiger partial charge is 0.319 e. The van der Waals surface area contributed by atoms with Crippen LogP contribution in [-0.4, -0.2) is 48.7 Å². The molecule has 0 atom stereocenters. The fraction of sp³-hybridized carbons (Fsp3) is 0.273. The highest BCUT2D eigenvalue weighted by Crippen LogP contribution is 2.33. The fourth-order valence-corrected chi connectivity index (χ4v) is 5.01. The van der Waals surface area contributed by atoms with E-state index in [-0.39, 0.29) is 11.8 Å². The third kappa shape index (κ3) is 8.05. The lowest BCUT2D eigenvalue weighted by Crippen LogP contribution is -2.36. The molecule has 0 bridgehead atoms. The Labute approximate surface area is 240 Å². The zero-order chi connectivity index (χ0) is 28.4. The maximum absolute atomic E-state index is 14.4. The van der Waals surface area contributed by atoms with E-state index in [4.69, 9.17) is 4.74 Å². The predicted molar refractivity (Wildman–Crippen MR) is 162 cm³/mol. The molecule has 3 N–H and O–H groups in total. The fourth-order valence-electron chi connectivity index (χ4n) is 5.01. The quantitative estimate of drug-likeness (QED) is 0.214. The molecule has 0 radical (unpaired) electrons. The van der Waals surface area contributed by atoms with Gasteiger partial charge in [0.15, 0.2) is 0 Å². The molecule has 5 rings (SSSR count). The van der Waals surface area contributed by atoms with E-state index in [0.717, 1.165) is 53.9 Å². The van der Waals surface area contributed by atoms with E-state index in [9.17, 15) is 9.18 Å². The molecule has 7 nitrogen and oxygen atoms in total. The number of carbonyl (C=O) groups is 1. The SMILES string of the molecule is CN1CCC(Nc2ccccc2-c2cc(F)ccc2CCOc2ccc(NC(=O)NCc3cccnc3)cc2)CC1. The number of piperidine rings is 1. The third-order valence-electron chi connectivity index (χ3n) is 7.30. The Bertz CT molecular complexity index is 1420. The first-order valence-electron chi connectivity index (χ1n) is 14.0. The van der Waals surface area contributed by atoms with E-state index in [0.29, 0.717) is 37.1 Å². The number of ether oxygens (including phenoxy) is 1. The van der Waals surface area contributed by atoms with Gasteiger partial charge in [-0.05, 0) is 98.2 Å². The summed E-state index contributed by atoms with van der Waals surface area (Å²) in [6.45, 7) is 2.96. The summed E-state index contributed by atoms with van der Waals surface area (Å²) in [5, 5.41) is 9.34. The van der Waals surface area contributed by atoms with Gasteiger partial charge in [-0.25, -0.2) is 9.18 Å². The molecule has 1 fully saturated rings. The molecule has 0 unspecified atom stereocenters. The second-order valence-corrected chi connectivity index (χ2v) is 10.4. The highest BCUT2D eigenvalue weighted by Gasteiger charge is 2.18. The molecule has 212 valence electrons. The Kier molecular flexibility index (Phi) is 9.44. The molecule has 3 aromatic carbocycles. The zero-order valence-electron chi connectivity index (χ0n) is 23.3. The number of halogens is 1. The summed E-state index contributed by atoms with van der Waals surface area (Å²) in [4.78, 5) is 18.6. The van der Waals surface area contributed by atoms with Gasteiger partial charge in [-0.15, -0.1) is 0 Å². The minimum Gasteiger partial charge on any atom is -0.493 e. The number of hydrogen-bond donors (Lipinski definition) is 3. The number of carbonyl (C=O) groups excluding carboxylic acids is 1. The first kappa shape index (κ1) is 28.1. The summed E-state index contributed by atoms with van der Waals surface area (Å²) in [6.07, 6.45) is 6.20. The number of para-hydroxylation sites is 1. The molecule has 0 saturated carbocycles. The maximum atomic E-state index is 14.4. The highest BCUT2D eigenvalue weighted by molar-refractivity contribution is 5.89. The van der Waals surface area contributed by atoms with Crippen LogP contribution in [0.15, 0.2) is 91.3 Å². The normalized spacial score (nSPS) is 13.9. The highest BCUT2D eigenvalue weighted by atomic mass is 19.1. The van der Waals surface area contributed by atoms with Crippen LogP contribution in [0.1, 0.15) is 24.0 Å². The van der Waals surface area contributed by atoms with Crippen molar-refractivity contribution in [3.63, 3.8) is 0 Å². The topological polar surface area (TPSA) is 78.5 Å². The van der Waals surface area contributed by atoms with Gasteiger partial charge in [0.1, 0.15) is 11.6 Å². The molecular weight excluding hydrogens is 517 g/mol. The van der Waals surface area contributed by atoms with Crippen molar-refractivity contribution in [1.82, 2.24) is 15.2 Å². The maximum Gasteiger partial charge on any atom is 0.319 e. The van der Waals surface area contributed by atoms with E-state index in [2.05, 4.69) is 45.0 Å². The van der Waals surface area contributed by atoms with Gasteiger partial charge in [0.2, 0.25) is 0 Å². The minimum absolute atomic E-state index is 0.258. The largest absolute Gasteiger partial charge is 0.493 e. The minimum atomic E-state index is -0.294. The van der Waals surface area contributed by atoms with Crippen molar-refractivity contribution in [2.75, 3.05) is 37.4 Å². The summed E-state index contributed by atoms with van der Waals surface area (Å²) >= 11 is 0. The second kappa shape index (κ2) is 13.8. The number of benzene rings is 3. The molecule has 1 saturated heterocycles. The summed E-state index contributed by atoms with van der Waals surface area (Å²) in [6, 6.07) is 24.2. The van der Waals surface area contributed by atoms with Crippen LogP contribution in [0.25, 0.3) is 11.1 Å². The van der Waals surface area contributed by atoms with Gasteiger partial charge in [0, 0.05) is 48.3 Å². The Balaban J connectivity index is 1.17. The number of urea groups is 1. The van der Waals surface area contributed by atoms with E-state index < -0.39 is 0 Å². The number of nitrogens with zero attached hydrogens (tertiary/aromatic N) is 2. The molecule has 2 amide bonds. The summed E-state index contributed by atoms with van der Waals surface area (Å²) in [5.41, 5.74) is 5.51. The van der Waals surface area contributed by atoms with Gasteiger partial charge >= 0.3 is 6.03 Å². The Morgan fingerprint density at radius 1 is 1.00 bits per heavy atom. The summed E-state index contributed by atoms with van der Waals surface area (Å²) in [7, 11) is 2.15. The first-order valence-corrected chi connectivity index (χ1v) is 14.0. The summed E-state index contributed by atoms with van der Waals surface area (Å²) < 4.78 is 20.4. The van der Waals surface area contributed by atoms with Crippen molar-refractivity contribution in [3.05, 3.63) is 108 Å². The van der Waals surface area contributed by atoms with E-state index in [1.807, 2.05) is 42.5 Å². The first-order chi connectivity index (χ1) is 20.0. The number of pyridine rings is 1. The number of anilines is 2. The standard InChI is InChI=1S/C33H36FN5O2/c1-39-18-14-28(15-19-39)37-32-7-3-2-6-30(32)31-21-26(34)9-8-25(31)16-20-41-29-12-10-27(11-13-29)38-33(40)36-23-24-5-4-17-35-22-24/h2-13,17,21-22,28,37H,14-16,18-20,23H2,1H3,(H2,36,38,40). The lowest BCUT2D eigenvalue weighted by atomic mass is 9.95. The molecule has 1 aromatic heterocycles. The van der Waals surface area contributed by atoms with E-state index in [1.165, 1.54) is 6.07 Å². The Morgan fingerprint density at radius 2 is 1.80 bits per heavy atom. The lowest BCUT2D eigenvalue weighted by molar-refractivity contribution is 0.251. The van der Waals surface area contributed by atoms with Crippen LogP contribution in [0.4, 0.5) is 20.6 Å². The number of amides is 2. The van der Waals surface area contributed by atoms with E-state index >= 15 is 0 Å². The number of hydrogen-bond acceptors (Lipinski definition) is 5. The molecule has 1 aliphatic rings. The van der Waals surface area contributed by atoms with Crippen LogP contribution in [0.5, 0.6) is 5.75 Å². The second-order valence-electron chi connectivity index (χ2n) is 10.4. The Morgan fingerprint density at radius 3 is 2.59 bits per heavy atom. The number of likely N-dealkylation sites (tertiary alicyclic amines) is 1. The van der Waals surface area contributed by atoms with Crippen LogP contribution in [0.2, 0.25) is 0 Å². The third-order valence-corrected chi connectivity index (χ3v) is 7.30. The van der Waals surface area contributed by atoms with Crippen molar-refractivity contribution in [2.24, 2.45) is 0 Å². The van der Waals surface area contributed by atoms with Gasteiger partial charge in [0.05, 0.1) is 6.61 Å². The monoisotopic (exact) mass is 553 g/mol. The molecule has 1 aliphatic heterocycles. The lowest BCUT2D eigenvalue weighted by Gasteiger charge is -2.31. The molecule has 41 heavy (non-hydrogen) atoms. The number of aromatic nitrogens is 1. The Hall–Kier alpha value is -4.43. The molecule has 0 spiro atoms. The molecule has 4 aromatic rings. The van der Waals surface area contributed by atoms with Crippen LogP contribution < -0.4 is 20.7 Å². The van der Waals surface area contributed by atoms with Gasteiger partial charge < -0.3 is 25.6 Å². The van der Waals surface area contributed by atoms with Crippen LogP contribution in [0.3, 0.4) is 0 Å². The van der Waals surface area contributed by atoms with Gasteiger partial charge in [-0.1, -0.05) is 30.3 Å². The van der Waals surface area contributed by atoms with Crippen LogP contribution in [-0.2, 0) is 13.0 Å². The zero-order valence-corrected chi connectivity index (χ0v) is 23.3. The predicted octanol–water partition coefficient (Wildman–Crippen LogP) is 6.34. The molecule has 0 aliphatic carbocycles. The van der Waals surface area contributed by atoms with Gasteiger partial charge in [-0.2, -0.15) is 0 Å². The van der Waals surface area contributed by atoms with Crippen molar-refractivity contribution in [3.8, 4) is 16.9 Å². The van der Waals surface area contributed by atoms with Crippen molar-refractivity contribution < 1.29 is 13.9 Å². The number of nitrogens with one attached hydrogen (secondary N) is 3. The van der Waals surface area contributed by atoms with Gasteiger partial charge in [-0.3, -0.25) is 4.98 Å². The van der Waals surface area contributed by atoms with Crippen LogP contribution in [0, 0.1) is 5.82 Å². The summed E-state index contributed by atoms with van der Waals surface area (Å²) in [5.74, 6) is 0.436. The number of rotatable bonds is 10. The molecule has 2 heterocycles. The van der Waals surface area contributed by atoms with E-state index in [1.54, 1.807) is 30.6 Å². The average molecular weight is 554 g/mol. The van der Waals surface area contributed by atoms with Crippen molar-refractivity contribution >= 4 is 17.4 Å². The average Bonchev–Trinajstić information content (AvgIpc) is 3.00. The van der Waals surface area contributed by atoms with Crippen molar-refractivity contribution in [1.29, 1.82) is 0 Å². The van der Waals surface area contributed by atoms with Crippen LogP contribution >= 0.6 is 0 Å². The molecular formula is C33H36FN5O2. The van der Waals surface area contributed by atoms with Gasteiger partial charge in [0.25, 0.3) is 0 Å². The van der Waals surface area contributed by atoms with Crippen molar-refractivity contribution in [2.45, 2.75) is 31.8 Å². The molecule has 8 heteroatoms.